The molecular weight excluding hydrogens is 236 g/mol. The molecule has 1 unspecified atom stereocenters. The van der Waals surface area contributed by atoms with E-state index in [1.165, 1.54) is 32.4 Å². The first-order valence-corrected chi connectivity index (χ1v) is 8.03. The van der Waals surface area contributed by atoms with E-state index in [1.807, 2.05) is 0 Å². The topological polar surface area (TPSA) is 24.5 Å². The maximum absolute atomic E-state index is 5.48. The number of hydrogen-bond acceptors (Lipinski definition) is 3. The molecule has 0 radical (unpaired) electrons. The molecule has 1 atom stereocenters. The van der Waals surface area contributed by atoms with E-state index < -0.39 is 0 Å². The van der Waals surface area contributed by atoms with Crippen LogP contribution in [-0.2, 0) is 4.74 Å². The summed E-state index contributed by atoms with van der Waals surface area (Å²) in [5, 5.41) is 3.74. The van der Waals surface area contributed by atoms with Gasteiger partial charge in [-0.3, -0.25) is 4.90 Å². The van der Waals surface area contributed by atoms with Gasteiger partial charge in [-0.15, -0.1) is 0 Å². The highest BCUT2D eigenvalue weighted by atomic mass is 16.5. The fraction of sp³-hybridized carbons (Fsp3) is 1.00. The summed E-state index contributed by atoms with van der Waals surface area (Å²) in [5.41, 5.74) is 0.297. The number of rotatable bonds is 4. The Labute approximate surface area is 119 Å². The van der Waals surface area contributed by atoms with Crippen molar-refractivity contribution in [2.75, 3.05) is 32.8 Å². The lowest BCUT2D eigenvalue weighted by Gasteiger charge is -2.48. The van der Waals surface area contributed by atoms with Gasteiger partial charge in [-0.05, 0) is 44.9 Å². The predicted octanol–water partition coefficient (Wildman–Crippen LogP) is 2.51. The lowest BCUT2D eigenvalue weighted by atomic mass is 9.90. The number of piperazine rings is 1. The van der Waals surface area contributed by atoms with Crippen molar-refractivity contribution in [3.05, 3.63) is 0 Å². The Morgan fingerprint density at radius 2 is 1.95 bits per heavy atom. The van der Waals surface area contributed by atoms with Gasteiger partial charge in [0.05, 0.1) is 0 Å². The van der Waals surface area contributed by atoms with Crippen molar-refractivity contribution in [1.82, 2.24) is 10.2 Å². The number of ether oxygens (including phenoxy) is 1. The molecule has 3 heteroatoms. The molecule has 2 heterocycles. The van der Waals surface area contributed by atoms with Crippen molar-refractivity contribution < 1.29 is 4.74 Å². The van der Waals surface area contributed by atoms with Crippen LogP contribution in [0.3, 0.4) is 0 Å². The Bertz CT molecular complexity index is 272. The Balaban J connectivity index is 1.90. The van der Waals surface area contributed by atoms with Gasteiger partial charge < -0.3 is 10.1 Å². The average molecular weight is 268 g/mol. The average Bonchev–Trinajstić information content (AvgIpc) is 2.34. The van der Waals surface area contributed by atoms with E-state index in [0.717, 1.165) is 31.6 Å². The van der Waals surface area contributed by atoms with Crippen LogP contribution in [0.25, 0.3) is 0 Å². The van der Waals surface area contributed by atoms with Crippen LogP contribution in [0.4, 0.5) is 0 Å². The van der Waals surface area contributed by atoms with Gasteiger partial charge in [0.15, 0.2) is 0 Å². The molecule has 112 valence electrons. The molecule has 0 bridgehead atoms. The second-order valence-electron chi connectivity index (χ2n) is 7.48. The van der Waals surface area contributed by atoms with Crippen LogP contribution in [0.15, 0.2) is 0 Å². The molecule has 0 amide bonds. The van der Waals surface area contributed by atoms with Gasteiger partial charge in [0.1, 0.15) is 0 Å². The zero-order chi connectivity index (χ0) is 13.9. The summed E-state index contributed by atoms with van der Waals surface area (Å²) in [6.07, 6.45) is 3.78. The minimum absolute atomic E-state index is 0.297. The summed E-state index contributed by atoms with van der Waals surface area (Å²) in [6, 6.07) is 0.674. The van der Waals surface area contributed by atoms with E-state index in [2.05, 4.69) is 37.9 Å². The van der Waals surface area contributed by atoms with Crippen molar-refractivity contribution >= 4 is 0 Å². The van der Waals surface area contributed by atoms with Crippen molar-refractivity contribution in [3.63, 3.8) is 0 Å². The summed E-state index contributed by atoms with van der Waals surface area (Å²) < 4.78 is 5.48. The third kappa shape index (κ3) is 4.44. The van der Waals surface area contributed by atoms with Crippen LogP contribution < -0.4 is 5.32 Å². The first-order valence-electron chi connectivity index (χ1n) is 8.03. The molecule has 2 saturated heterocycles. The quantitative estimate of drug-likeness (QED) is 0.848. The fourth-order valence-corrected chi connectivity index (χ4v) is 3.37. The molecule has 19 heavy (non-hydrogen) atoms. The highest BCUT2D eigenvalue weighted by molar-refractivity contribution is 4.94. The van der Waals surface area contributed by atoms with Crippen LogP contribution in [0.5, 0.6) is 0 Å². The minimum atomic E-state index is 0.297. The van der Waals surface area contributed by atoms with Gasteiger partial charge in [0, 0.05) is 44.4 Å². The van der Waals surface area contributed by atoms with Gasteiger partial charge in [-0.2, -0.15) is 0 Å². The Kier molecular flexibility index (Phi) is 5.27. The van der Waals surface area contributed by atoms with Crippen molar-refractivity contribution in [3.8, 4) is 0 Å². The van der Waals surface area contributed by atoms with Crippen LogP contribution in [0.1, 0.15) is 47.0 Å². The lowest BCUT2D eigenvalue weighted by Crippen LogP contribution is -2.63. The molecule has 2 aliphatic heterocycles. The first kappa shape index (κ1) is 15.3. The van der Waals surface area contributed by atoms with Crippen molar-refractivity contribution in [2.24, 2.45) is 11.8 Å². The van der Waals surface area contributed by atoms with Crippen LogP contribution in [0.2, 0.25) is 0 Å². The van der Waals surface area contributed by atoms with Crippen LogP contribution in [-0.4, -0.2) is 49.3 Å². The maximum Gasteiger partial charge on any atom is 0.0469 e. The second-order valence-corrected chi connectivity index (χ2v) is 7.48. The zero-order valence-corrected chi connectivity index (χ0v) is 13.2. The van der Waals surface area contributed by atoms with Gasteiger partial charge >= 0.3 is 0 Å². The van der Waals surface area contributed by atoms with Crippen molar-refractivity contribution in [1.29, 1.82) is 0 Å². The predicted molar refractivity (Wildman–Crippen MR) is 80.4 cm³/mol. The summed E-state index contributed by atoms with van der Waals surface area (Å²) in [6.45, 7) is 14.9. The van der Waals surface area contributed by atoms with Crippen LogP contribution in [0, 0.1) is 11.8 Å². The highest BCUT2D eigenvalue weighted by Gasteiger charge is 2.35. The first-order chi connectivity index (χ1) is 8.97. The highest BCUT2D eigenvalue weighted by Crippen LogP contribution is 2.25. The molecule has 0 aromatic carbocycles. The molecule has 0 aromatic rings. The van der Waals surface area contributed by atoms with E-state index in [9.17, 15) is 0 Å². The molecule has 1 N–H and O–H groups in total. The summed E-state index contributed by atoms with van der Waals surface area (Å²) in [5.74, 6) is 1.62. The third-order valence-corrected chi connectivity index (χ3v) is 4.70. The van der Waals surface area contributed by atoms with E-state index in [4.69, 9.17) is 4.74 Å². The standard InChI is InChI=1S/C16H32N2O/c1-13(2)9-15-11-18(16(3,4)12-17-15)10-14-5-7-19-8-6-14/h13-15,17H,5-12H2,1-4H3. The number of hydrogen-bond donors (Lipinski definition) is 1. The monoisotopic (exact) mass is 268 g/mol. The molecule has 0 aliphatic carbocycles. The Morgan fingerprint density at radius 3 is 2.58 bits per heavy atom. The normalized spacial score (nSPS) is 29.8. The molecule has 2 rings (SSSR count). The summed E-state index contributed by atoms with van der Waals surface area (Å²) in [7, 11) is 0. The molecule has 2 aliphatic rings. The van der Waals surface area contributed by atoms with Gasteiger partial charge in [-0.1, -0.05) is 13.8 Å². The summed E-state index contributed by atoms with van der Waals surface area (Å²) >= 11 is 0. The van der Waals surface area contributed by atoms with E-state index in [-0.39, 0.29) is 0 Å². The smallest absolute Gasteiger partial charge is 0.0469 e. The number of nitrogens with zero attached hydrogens (tertiary/aromatic N) is 1. The molecular formula is C16H32N2O. The molecule has 0 aromatic heterocycles. The molecule has 3 nitrogen and oxygen atoms in total. The van der Waals surface area contributed by atoms with Gasteiger partial charge in [0.2, 0.25) is 0 Å². The van der Waals surface area contributed by atoms with Crippen molar-refractivity contribution in [2.45, 2.75) is 58.5 Å². The Morgan fingerprint density at radius 1 is 1.26 bits per heavy atom. The maximum atomic E-state index is 5.48. The van der Waals surface area contributed by atoms with E-state index in [1.54, 1.807) is 0 Å². The molecule has 2 fully saturated rings. The van der Waals surface area contributed by atoms with Gasteiger partial charge in [0.25, 0.3) is 0 Å². The number of nitrogens with one attached hydrogen (secondary N) is 1. The molecule has 0 saturated carbocycles. The van der Waals surface area contributed by atoms with E-state index in [0.29, 0.717) is 11.6 Å². The largest absolute Gasteiger partial charge is 0.381 e. The lowest BCUT2D eigenvalue weighted by molar-refractivity contribution is 0.0103. The second kappa shape index (κ2) is 6.55. The van der Waals surface area contributed by atoms with E-state index >= 15 is 0 Å². The third-order valence-electron chi connectivity index (χ3n) is 4.70. The zero-order valence-electron chi connectivity index (χ0n) is 13.2. The SMILES string of the molecule is CC(C)CC1CN(CC2CCOCC2)C(C)(C)CN1. The van der Waals surface area contributed by atoms with Gasteiger partial charge in [-0.25, -0.2) is 0 Å². The Hall–Kier alpha value is -0.120. The molecule has 0 spiro atoms. The minimum Gasteiger partial charge on any atom is -0.381 e. The van der Waals surface area contributed by atoms with Crippen LogP contribution >= 0.6 is 0 Å². The fourth-order valence-electron chi connectivity index (χ4n) is 3.37. The summed E-state index contributed by atoms with van der Waals surface area (Å²) in [4.78, 5) is 2.73.